The second-order valence-electron chi connectivity index (χ2n) is 7.01. The Bertz CT molecular complexity index is 951. The summed E-state index contributed by atoms with van der Waals surface area (Å²) in [6.45, 7) is 2.24. The van der Waals surface area contributed by atoms with E-state index < -0.39 is 5.79 Å². The lowest BCUT2D eigenvalue weighted by Gasteiger charge is -2.37. The van der Waals surface area contributed by atoms with Crippen molar-refractivity contribution in [2.45, 2.75) is 18.6 Å². The molecule has 0 aliphatic carbocycles. The third-order valence-corrected chi connectivity index (χ3v) is 5.15. The van der Waals surface area contributed by atoms with Gasteiger partial charge in [-0.1, -0.05) is 0 Å². The number of aromatic nitrogens is 1. The van der Waals surface area contributed by atoms with Crippen molar-refractivity contribution >= 4 is 17.5 Å². The monoisotopic (exact) mass is 392 g/mol. The van der Waals surface area contributed by atoms with Crippen molar-refractivity contribution < 1.29 is 19.1 Å². The van der Waals surface area contributed by atoms with Gasteiger partial charge in [0.2, 0.25) is 0 Å². The van der Waals surface area contributed by atoms with Gasteiger partial charge in [-0.2, -0.15) is 5.26 Å². The lowest BCUT2D eigenvalue weighted by Crippen LogP contribution is -2.47. The fourth-order valence-corrected chi connectivity index (χ4v) is 3.53. The first-order chi connectivity index (χ1) is 14.1. The number of amides is 2. The number of hydrogen-bond donors (Lipinski definition) is 1. The minimum Gasteiger partial charge on any atom is -0.347 e. The first kappa shape index (κ1) is 19.1. The van der Waals surface area contributed by atoms with Crippen LogP contribution in [-0.2, 0) is 9.47 Å². The minimum atomic E-state index is -0.544. The third-order valence-electron chi connectivity index (χ3n) is 5.15. The van der Waals surface area contributed by atoms with Gasteiger partial charge in [-0.05, 0) is 30.3 Å². The lowest BCUT2D eigenvalue weighted by molar-refractivity contribution is -0.181. The minimum absolute atomic E-state index is 0.168. The van der Waals surface area contributed by atoms with Gasteiger partial charge in [-0.15, -0.1) is 0 Å². The number of carbonyl (C=O) groups is 2. The molecule has 8 nitrogen and oxygen atoms in total. The summed E-state index contributed by atoms with van der Waals surface area (Å²) in [5, 5.41) is 11.6. The summed E-state index contributed by atoms with van der Waals surface area (Å²) in [6.07, 6.45) is 4.14. The first-order valence-corrected chi connectivity index (χ1v) is 9.42. The molecule has 0 saturated carbocycles. The van der Waals surface area contributed by atoms with Gasteiger partial charge in [-0.3, -0.25) is 14.6 Å². The van der Waals surface area contributed by atoms with Crippen LogP contribution in [0.4, 0.5) is 5.69 Å². The van der Waals surface area contributed by atoms with Crippen molar-refractivity contribution in [2.24, 2.45) is 0 Å². The molecule has 29 heavy (non-hydrogen) atoms. The van der Waals surface area contributed by atoms with Crippen LogP contribution < -0.4 is 5.32 Å². The van der Waals surface area contributed by atoms with Gasteiger partial charge < -0.3 is 19.7 Å². The molecule has 2 saturated heterocycles. The lowest BCUT2D eigenvalue weighted by atomic mass is 10.0. The van der Waals surface area contributed by atoms with Gasteiger partial charge in [-0.25, -0.2) is 0 Å². The zero-order valence-corrected chi connectivity index (χ0v) is 15.8. The van der Waals surface area contributed by atoms with Crippen molar-refractivity contribution in [3.63, 3.8) is 0 Å². The molecule has 2 aliphatic rings. The van der Waals surface area contributed by atoms with Crippen LogP contribution in [0.5, 0.6) is 0 Å². The van der Waals surface area contributed by atoms with Crippen LogP contribution >= 0.6 is 0 Å². The number of benzene rings is 1. The van der Waals surface area contributed by atoms with E-state index >= 15 is 0 Å². The molecule has 4 rings (SSSR count). The quantitative estimate of drug-likeness (QED) is 0.859. The number of nitrogens with zero attached hydrogens (tertiary/aromatic N) is 3. The van der Waals surface area contributed by atoms with E-state index in [0.29, 0.717) is 56.0 Å². The molecule has 0 atom stereocenters. The average molecular weight is 392 g/mol. The molecule has 0 radical (unpaired) electrons. The van der Waals surface area contributed by atoms with Crippen LogP contribution in [-0.4, -0.2) is 53.8 Å². The fourth-order valence-electron chi connectivity index (χ4n) is 3.53. The van der Waals surface area contributed by atoms with Gasteiger partial charge >= 0.3 is 0 Å². The van der Waals surface area contributed by atoms with Gasteiger partial charge in [0.15, 0.2) is 5.79 Å². The van der Waals surface area contributed by atoms with E-state index in [4.69, 9.17) is 14.7 Å². The Morgan fingerprint density at radius 2 is 1.72 bits per heavy atom. The van der Waals surface area contributed by atoms with E-state index in [1.165, 1.54) is 12.4 Å². The Morgan fingerprint density at radius 1 is 1.07 bits per heavy atom. The summed E-state index contributed by atoms with van der Waals surface area (Å²) >= 11 is 0. The Balaban J connectivity index is 1.41. The zero-order chi connectivity index (χ0) is 20.3. The van der Waals surface area contributed by atoms with Crippen LogP contribution in [0.25, 0.3) is 0 Å². The molecule has 1 aromatic heterocycles. The van der Waals surface area contributed by atoms with Crippen LogP contribution in [0, 0.1) is 11.3 Å². The van der Waals surface area contributed by atoms with E-state index in [1.807, 2.05) is 6.07 Å². The Labute approximate surface area is 168 Å². The molecule has 1 N–H and O–H groups in total. The SMILES string of the molecule is N#Cc1ccc(NC(=O)c2cncc(C(=O)N3CCC4(CC3)OCCO4)c2)cc1. The van der Waals surface area contributed by atoms with E-state index in [2.05, 4.69) is 10.3 Å². The summed E-state index contributed by atoms with van der Waals surface area (Å²) in [5.41, 5.74) is 1.72. The topological polar surface area (TPSA) is 105 Å². The number of piperidine rings is 1. The molecule has 2 fully saturated rings. The maximum absolute atomic E-state index is 12.8. The number of likely N-dealkylation sites (tertiary alicyclic amines) is 1. The number of rotatable bonds is 3. The largest absolute Gasteiger partial charge is 0.347 e. The third kappa shape index (κ3) is 4.11. The number of ether oxygens (including phenoxy) is 2. The summed E-state index contributed by atoms with van der Waals surface area (Å²) in [6, 6.07) is 10.1. The summed E-state index contributed by atoms with van der Waals surface area (Å²) < 4.78 is 11.4. The molecular formula is C21H20N4O4. The summed E-state index contributed by atoms with van der Waals surface area (Å²) in [7, 11) is 0. The summed E-state index contributed by atoms with van der Waals surface area (Å²) in [4.78, 5) is 31.2. The Kier molecular flexibility index (Phi) is 5.25. The van der Waals surface area contributed by atoms with Gasteiger partial charge in [0.1, 0.15) is 0 Å². The van der Waals surface area contributed by atoms with Crippen molar-refractivity contribution in [1.82, 2.24) is 9.88 Å². The van der Waals surface area contributed by atoms with Crippen molar-refractivity contribution in [3.05, 3.63) is 59.4 Å². The molecule has 8 heteroatoms. The number of carbonyl (C=O) groups excluding carboxylic acids is 2. The van der Waals surface area contributed by atoms with E-state index in [1.54, 1.807) is 35.2 Å². The van der Waals surface area contributed by atoms with E-state index in [-0.39, 0.29) is 17.4 Å². The standard InChI is InChI=1S/C21H20N4O4/c22-12-15-1-3-18(4-2-15)24-19(26)16-11-17(14-23-13-16)20(27)25-7-5-21(6-8-25)28-9-10-29-21/h1-4,11,13-14H,5-10H2,(H,24,26). The molecule has 2 amide bonds. The number of pyridine rings is 1. The van der Waals surface area contributed by atoms with Crippen molar-refractivity contribution in [3.8, 4) is 6.07 Å². The van der Waals surface area contributed by atoms with Crippen LogP contribution in [0.2, 0.25) is 0 Å². The van der Waals surface area contributed by atoms with Crippen LogP contribution in [0.1, 0.15) is 39.1 Å². The molecule has 0 unspecified atom stereocenters. The van der Waals surface area contributed by atoms with Gasteiger partial charge in [0.25, 0.3) is 11.8 Å². The predicted octanol–water partition coefficient (Wildman–Crippen LogP) is 2.18. The number of nitriles is 1. The Hall–Kier alpha value is -3.28. The smallest absolute Gasteiger partial charge is 0.257 e. The van der Waals surface area contributed by atoms with E-state index in [0.717, 1.165) is 0 Å². The molecule has 2 aromatic rings. The second kappa shape index (κ2) is 7.99. The highest BCUT2D eigenvalue weighted by atomic mass is 16.7. The van der Waals surface area contributed by atoms with Crippen molar-refractivity contribution in [1.29, 1.82) is 5.26 Å². The number of hydrogen-bond acceptors (Lipinski definition) is 6. The van der Waals surface area contributed by atoms with E-state index in [9.17, 15) is 9.59 Å². The van der Waals surface area contributed by atoms with Crippen LogP contribution in [0.3, 0.4) is 0 Å². The highest BCUT2D eigenvalue weighted by molar-refractivity contribution is 6.05. The zero-order valence-electron chi connectivity index (χ0n) is 15.8. The molecule has 0 bridgehead atoms. The highest BCUT2D eigenvalue weighted by Gasteiger charge is 2.40. The first-order valence-electron chi connectivity index (χ1n) is 9.42. The average Bonchev–Trinajstić information content (AvgIpc) is 3.22. The highest BCUT2D eigenvalue weighted by Crippen LogP contribution is 2.31. The number of anilines is 1. The van der Waals surface area contributed by atoms with Gasteiger partial charge in [0, 0.05) is 44.0 Å². The van der Waals surface area contributed by atoms with Crippen molar-refractivity contribution in [2.75, 3.05) is 31.6 Å². The molecule has 2 aliphatic heterocycles. The van der Waals surface area contributed by atoms with Gasteiger partial charge in [0.05, 0.1) is 36.0 Å². The predicted molar refractivity (Wildman–Crippen MR) is 103 cm³/mol. The summed E-state index contributed by atoms with van der Waals surface area (Å²) in [5.74, 6) is -1.08. The fraction of sp³-hybridized carbons (Fsp3) is 0.333. The molecule has 1 aromatic carbocycles. The Morgan fingerprint density at radius 3 is 2.38 bits per heavy atom. The number of nitrogens with one attached hydrogen (secondary N) is 1. The molecule has 1 spiro atoms. The second-order valence-corrected chi connectivity index (χ2v) is 7.01. The van der Waals surface area contributed by atoms with Crippen LogP contribution in [0.15, 0.2) is 42.7 Å². The molecule has 148 valence electrons. The maximum atomic E-state index is 12.8. The maximum Gasteiger partial charge on any atom is 0.257 e. The normalized spacial score (nSPS) is 17.7. The molecular weight excluding hydrogens is 372 g/mol. The molecule has 3 heterocycles.